The van der Waals surface area contributed by atoms with Crippen LogP contribution in [-0.2, 0) is 9.53 Å². The zero-order valence-electron chi connectivity index (χ0n) is 19.7. The highest BCUT2D eigenvalue weighted by atomic mass is 19.1. The summed E-state index contributed by atoms with van der Waals surface area (Å²) in [6.45, 7) is 1.75. The van der Waals surface area contributed by atoms with Crippen LogP contribution in [0, 0.1) is 12.7 Å². The van der Waals surface area contributed by atoms with Gasteiger partial charge in [-0.15, -0.1) is 0 Å². The van der Waals surface area contributed by atoms with E-state index in [-0.39, 0.29) is 29.9 Å². The SMILES string of the molecule is COCC(=O)Nc1ccc(-c2cnc3c(C)nc(C(=O)N(C)c4ccc(F)c(OC)c4)cn23)cc1. The molecule has 4 rings (SSSR count). The van der Waals surface area contributed by atoms with Gasteiger partial charge >= 0.3 is 0 Å². The maximum Gasteiger partial charge on any atom is 0.278 e. The van der Waals surface area contributed by atoms with Gasteiger partial charge < -0.3 is 19.7 Å². The molecule has 0 spiro atoms. The van der Waals surface area contributed by atoms with Gasteiger partial charge in [0.15, 0.2) is 17.2 Å². The summed E-state index contributed by atoms with van der Waals surface area (Å²) in [6.07, 6.45) is 3.32. The topological polar surface area (TPSA) is 98.1 Å². The average Bonchev–Trinajstić information content (AvgIpc) is 3.28. The summed E-state index contributed by atoms with van der Waals surface area (Å²) in [7, 11) is 4.41. The number of imidazole rings is 1. The summed E-state index contributed by atoms with van der Waals surface area (Å²) in [5.74, 6) is -1.09. The lowest BCUT2D eigenvalue weighted by molar-refractivity contribution is -0.119. The Morgan fingerprint density at radius 3 is 2.57 bits per heavy atom. The predicted octanol–water partition coefficient (Wildman–Crippen LogP) is 3.71. The smallest absolute Gasteiger partial charge is 0.278 e. The number of hydrogen-bond donors (Lipinski definition) is 1. The monoisotopic (exact) mass is 477 g/mol. The molecular formula is C25H24FN5O4. The first-order valence-electron chi connectivity index (χ1n) is 10.7. The Morgan fingerprint density at radius 1 is 1.14 bits per heavy atom. The molecule has 9 nitrogen and oxygen atoms in total. The molecule has 1 N–H and O–H groups in total. The van der Waals surface area contributed by atoms with E-state index in [0.717, 1.165) is 11.3 Å². The van der Waals surface area contributed by atoms with Crippen LogP contribution in [0.2, 0.25) is 0 Å². The fourth-order valence-corrected chi connectivity index (χ4v) is 3.66. The summed E-state index contributed by atoms with van der Waals surface area (Å²) >= 11 is 0. The molecule has 2 amide bonds. The van der Waals surface area contributed by atoms with Crippen LogP contribution in [0.15, 0.2) is 54.9 Å². The van der Waals surface area contributed by atoms with Crippen molar-refractivity contribution in [3.8, 4) is 17.0 Å². The van der Waals surface area contributed by atoms with E-state index < -0.39 is 5.82 Å². The molecule has 180 valence electrons. The van der Waals surface area contributed by atoms with Crippen LogP contribution in [0.3, 0.4) is 0 Å². The van der Waals surface area contributed by atoms with E-state index >= 15 is 0 Å². The molecule has 0 fully saturated rings. The molecule has 0 atom stereocenters. The van der Waals surface area contributed by atoms with Gasteiger partial charge in [-0.2, -0.15) is 0 Å². The average molecular weight is 477 g/mol. The second kappa shape index (κ2) is 9.90. The largest absolute Gasteiger partial charge is 0.494 e. The normalized spacial score (nSPS) is 10.9. The molecule has 10 heteroatoms. The van der Waals surface area contributed by atoms with Crippen molar-refractivity contribution in [1.29, 1.82) is 0 Å². The Labute approximate surface area is 201 Å². The molecule has 0 bridgehead atoms. The number of amides is 2. The van der Waals surface area contributed by atoms with E-state index in [1.165, 1.54) is 37.3 Å². The standard InChI is InChI=1S/C25H24FN5O4/c1-15-24-27-12-21(16-5-7-17(8-6-16)29-23(32)14-34-3)31(24)13-20(28-15)25(33)30(2)18-9-10-19(26)22(11-18)35-4/h5-13H,14H2,1-4H3,(H,29,32). The van der Waals surface area contributed by atoms with Gasteiger partial charge in [-0.25, -0.2) is 14.4 Å². The number of ether oxygens (including phenoxy) is 2. The maximum absolute atomic E-state index is 13.8. The van der Waals surface area contributed by atoms with E-state index in [2.05, 4.69) is 15.3 Å². The predicted molar refractivity (Wildman–Crippen MR) is 129 cm³/mol. The van der Waals surface area contributed by atoms with Crippen LogP contribution in [0.25, 0.3) is 16.9 Å². The Balaban J connectivity index is 1.66. The van der Waals surface area contributed by atoms with E-state index in [1.807, 2.05) is 12.1 Å². The first-order valence-corrected chi connectivity index (χ1v) is 10.7. The van der Waals surface area contributed by atoms with Crippen molar-refractivity contribution in [3.63, 3.8) is 0 Å². The van der Waals surface area contributed by atoms with Crippen molar-refractivity contribution < 1.29 is 23.5 Å². The van der Waals surface area contributed by atoms with Crippen LogP contribution in [0.4, 0.5) is 15.8 Å². The van der Waals surface area contributed by atoms with Crippen LogP contribution in [0.5, 0.6) is 5.75 Å². The van der Waals surface area contributed by atoms with Crippen molar-refractivity contribution in [2.24, 2.45) is 0 Å². The molecule has 2 aromatic heterocycles. The minimum absolute atomic E-state index is 0.0305. The lowest BCUT2D eigenvalue weighted by Crippen LogP contribution is -2.27. The van der Waals surface area contributed by atoms with Gasteiger partial charge in [0.2, 0.25) is 5.91 Å². The zero-order chi connectivity index (χ0) is 25.1. The fraction of sp³-hybridized carbons (Fsp3) is 0.200. The van der Waals surface area contributed by atoms with Crippen molar-refractivity contribution in [2.45, 2.75) is 6.92 Å². The van der Waals surface area contributed by atoms with Crippen LogP contribution in [0.1, 0.15) is 16.2 Å². The number of fused-ring (bicyclic) bond motifs is 1. The number of carbonyl (C=O) groups is 2. The lowest BCUT2D eigenvalue weighted by atomic mass is 10.1. The highest BCUT2D eigenvalue weighted by Crippen LogP contribution is 2.26. The second-order valence-corrected chi connectivity index (χ2v) is 7.79. The first-order chi connectivity index (χ1) is 16.8. The van der Waals surface area contributed by atoms with Crippen molar-refractivity contribution >= 4 is 28.8 Å². The number of aromatic nitrogens is 3. The number of anilines is 2. The Hall–Kier alpha value is -4.31. The number of halogens is 1. The number of carbonyl (C=O) groups excluding carboxylic acids is 2. The fourth-order valence-electron chi connectivity index (χ4n) is 3.66. The third kappa shape index (κ3) is 4.82. The summed E-state index contributed by atoms with van der Waals surface area (Å²) in [6, 6.07) is 11.4. The third-order valence-corrected chi connectivity index (χ3v) is 5.45. The molecule has 0 radical (unpaired) electrons. The lowest BCUT2D eigenvalue weighted by Gasteiger charge is -2.18. The van der Waals surface area contributed by atoms with Gasteiger partial charge in [0, 0.05) is 43.4 Å². The van der Waals surface area contributed by atoms with Gasteiger partial charge in [0.25, 0.3) is 5.91 Å². The number of nitrogens with one attached hydrogen (secondary N) is 1. The van der Waals surface area contributed by atoms with Gasteiger partial charge in [0.05, 0.1) is 24.7 Å². The molecule has 0 aliphatic rings. The molecule has 0 unspecified atom stereocenters. The van der Waals surface area contributed by atoms with E-state index in [4.69, 9.17) is 9.47 Å². The molecule has 0 aliphatic heterocycles. The van der Waals surface area contributed by atoms with Gasteiger partial charge in [-0.1, -0.05) is 12.1 Å². The number of aryl methyl sites for hydroxylation is 1. The number of nitrogens with zero attached hydrogens (tertiary/aromatic N) is 4. The van der Waals surface area contributed by atoms with Crippen molar-refractivity contribution in [3.05, 3.63) is 72.1 Å². The summed E-state index contributed by atoms with van der Waals surface area (Å²) in [5.41, 5.74) is 4.07. The second-order valence-electron chi connectivity index (χ2n) is 7.79. The van der Waals surface area contributed by atoms with Crippen molar-refractivity contribution in [1.82, 2.24) is 14.4 Å². The molecular weight excluding hydrogens is 453 g/mol. The summed E-state index contributed by atoms with van der Waals surface area (Å²) in [4.78, 5) is 35.2. The highest BCUT2D eigenvalue weighted by molar-refractivity contribution is 6.04. The Bertz CT molecular complexity index is 1400. The maximum atomic E-state index is 13.8. The van der Waals surface area contributed by atoms with Crippen LogP contribution < -0.4 is 15.0 Å². The minimum Gasteiger partial charge on any atom is -0.494 e. The number of hydrogen-bond acceptors (Lipinski definition) is 6. The Kier molecular flexibility index (Phi) is 6.74. The van der Waals surface area contributed by atoms with Gasteiger partial charge in [0.1, 0.15) is 12.3 Å². The minimum atomic E-state index is -0.514. The summed E-state index contributed by atoms with van der Waals surface area (Å²) < 4.78 is 25.4. The molecule has 2 heterocycles. The molecule has 35 heavy (non-hydrogen) atoms. The van der Waals surface area contributed by atoms with E-state index in [1.54, 1.807) is 42.9 Å². The molecule has 4 aromatic rings. The van der Waals surface area contributed by atoms with Crippen molar-refractivity contribution in [2.75, 3.05) is 38.1 Å². The van der Waals surface area contributed by atoms with Crippen LogP contribution in [-0.4, -0.2) is 54.1 Å². The van der Waals surface area contributed by atoms with Crippen LogP contribution >= 0.6 is 0 Å². The number of methoxy groups -OCH3 is 2. The molecule has 0 saturated carbocycles. The van der Waals surface area contributed by atoms with Gasteiger partial charge in [-0.05, 0) is 31.2 Å². The molecule has 0 saturated heterocycles. The number of rotatable bonds is 7. The van der Waals surface area contributed by atoms with E-state index in [9.17, 15) is 14.0 Å². The van der Waals surface area contributed by atoms with E-state index in [0.29, 0.717) is 22.7 Å². The third-order valence-electron chi connectivity index (χ3n) is 5.45. The molecule has 2 aromatic carbocycles. The molecule has 0 aliphatic carbocycles. The quantitative estimate of drug-likeness (QED) is 0.436. The highest BCUT2D eigenvalue weighted by Gasteiger charge is 2.20. The summed E-state index contributed by atoms with van der Waals surface area (Å²) in [5, 5.41) is 2.75. The van der Waals surface area contributed by atoms with Gasteiger partial charge in [-0.3, -0.25) is 14.0 Å². The first kappa shape index (κ1) is 23.8. The Morgan fingerprint density at radius 2 is 1.89 bits per heavy atom. The zero-order valence-corrected chi connectivity index (χ0v) is 19.7. The number of benzene rings is 2.